The SMILES string of the molecule is NC(COc1c(F)cccc1[N+](=O)[O-])c1ccccc1. The zero-order valence-corrected chi connectivity index (χ0v) is 10.5. The summed E-state index contributed by atoms with van der Waals surface area (Å²) in [6, 6.07) is 12.2. The van der Waals surface area contributed by atoms with Gasteiger partial charge in [0.05, 0.1) is 11.0 Å². The van der Waals surface area contributed by atoms with Crippen molar-refractivity contribution in [2.45, 2.75) is 6.04 Å². The van der Waals surface area contributed by atoms with Crippen molar-refractivity contribution in [3.05, 3.63) is 70.0 Å². The number of para-hydroxylation sites is 1. The van der Waals surface area contributed by atoms with Crippen LogP contribution >= 0.6 is 0 Å². The van der Waals surface area contributed by atoms with Crippen LogP contribution in [0.4, 0.5) is 10.1 Å². The summed E-state index contributed by atoms with van der Waals surface area (Å²) in [5, 5.41) is 10.8. The van der Waals surface area contributed by atoms with Gasteiger partial charge in [-0.3, -0.25) is 10.1 Å². The Morgan fingerprint density at radius 2 is 1.90 bits per heavy atom. The average molecular weight is 276 g/mol. The van der Waals surface area contributed by atoms with Crippen LogP contribution < -0.4 is 10.5 Å². The summed E-state index contributed by atoms with van der Waals surface area (Å²) in [7, 11) is 0. The fourth-order valence-electron chi connectivity index (χ4n) is 1.75. The van der Waals surface area contributed by atoms with Gasteiger partial charge in [-0.05, 0) is 11.6 Å². The highest BCUT2D eigenvalue weighted by Gasteiger charge is 2.20. The minimum absolute atomic E-state index is 0.0498. The first-order valence-electron chi connectivity index (χ1n) is 5.96. The first-order valence-corrected chi connectivity index (χ1v) is 5.96. The van der Waals surface area contributed by atoms with E-state index in [4.69, 9.17) is 10.5 Å². The van der Waals surface area contributed by atoms with Gasteiger partial charge in [0, 0.05) is 6.07 Å². The van der Waals surface area contributed by atoms with Crippen molar-refractivity contribution >= 4 is 5.69 Å². The van der Waals surface area contributed by atoms with Crippen molar-refractivity contribution in [1.29, 1.82) is 0 Å². The van der Waals surface area contributed by atoms with Crippen LogP contribution in [0.25, 0.3) is 0 Å². The second kappa shape index (κ2) is 6.12. The van der Waals surface area contributed by atoms with Gasteiger partial charge < -0.3 is 10.5 Å². The minimum Gasteiger partial charge on any atom is -0.483 e. The van der Waals surface area contributed by atoms with Crippen LogP contribution in [0.3, 0.4) is 0 Å². The summed E-state index contributed by atoms with van der Waals surface area (Å²) < 4.78 is 18.8. The zero-order chi connectivity index (χ0) is 14.5. The molecule has 1 unspecified atom stereocenters. The average Bonchev–Trinajstić information content (AvgIpc) is 2.46. The van der Waals surface area contributed by atoms with E-state index in [-0.39, 0.29) is 12.4 Å². The van der Waals surface area contributed by atoms with Crippen LogP contribution in [0, 0.1) is 15.9 Å². The van der Waals surface area contributed by atoms with Gasteiger partial charge in [0.15, 0.2) is 5.82 Å². The summed E-state index contributed by atoms with van der Waals surface area (Å²) >= 11 is 0. The molecule has 2 N–H and O–H groups in total. The molecule has 2 rings (SSSR count). The van der Waals surface area contributed by atoms with Crippen LogP contribution in [-0.2, 0) is 0 Å². The molecule has 0 aliphatic carbocycles. The van der Waals surface area contributed by atoms with Crippen LogP contribution in [-0.4, -0.2) is 11.5 Å². The maximum atomic E-state index is 13.6. The van der Waals surface area contributed by atoms with Crippen LogP contribution in [0.1, 0.15) is 11.6 Å². The first kappa shape index (κ1) is 14.0. The van der Waals surface area contributed by atoms with Crippen LogP contribution in [0.5, 0.6) is 5.75 Å². The Balaban J connectivity index is 2.13. The van der Waals surface area contributed by atoms with E-state index in [1.807, 2.05) is 30.3 Å². The molecule has 2 aromatic carbocycles. The van der Waals surface area contributed by atoms with Crippen molar-refractivity contribution in [3.8, 4) is 5.75 Å². The highest BCUT2D eigenvalue weighted by Crippen LogP contribution is 2.30. The van der Waals surface area contributed by atoms with Crippen molar-refractivity contribution in [2.75, 3.05) is 6.61 Å². The molecule has 6 heteroatoms. The summed E-state index contributed by atoms with van der Waals surface area (Å²) in [5.74, 6) is -1.16. The zero-order valence-electron chi connectivity index (χ0n) is 10.5. The van der Waals surface area contributed by atoms with Crippen molar-refractivity contribution in [2.24, 2.45) is 5.73 Å². The van der Waals surface area contributed by atoms with Crippen molar-refractivity contribution < 1.29 is 14.1 Å². The Kier molecular flexibility index (Phi) is 4.27. The number of nitrogens with zero attached hydrogens (tertiary/aromatic N) is 1. The minimum atomic E-state index is -0.778. The quantitative estimate of drug-likeness (QED) is 0.672. The molecule has 0 bridgehead atoms. The van der Waals surface area contributed by atoms with E-state index < -0.39 is 22.5 Å². The van der Waals surface area contributed by atoms with Gasteiger partial charge in [-0.2, -0.15) is 0 Å². The summed E-state index contributed by atoms with van der Waals surface area (Å²) in [6.45, 7) is -0.0498. The van der Waals surface area contributed by atoms with Gasteiger partial charge in [-0.1, -0.05) is 36.4 Å². The largest absolute Gasteiger partial charge is 0.483 e. The molecule has 0 radical (unpaired) electrons. The number of hydrogen-bond acceptors (Lipinski definition) is 4. The lowest BCUT2D eigenvalue weighted by molar-refractivity contribution is -0.386. The lowest BCUT2D eigenvalue weighted by atomic mass is 10.1. The lowest BCUT2D eigenvalue weighted by Crippen LogP contribution is -2.19. The molecule has 0 aliphatic rings. The summed E-state index contributed by atoms with van der Waals surface area (Å²) in [6.07, 6.45) is 0. The Bertz CT molecular complexity index is 605. The number of nitrogens with two attached hydrogens (primary N) is 1. The van der Waals surface area contributed by atoms with Crippen molar-refractivity contribution in [3.63, 3.8) is 0 Å². The second-order valence-electron chi connectivity index (χ2n) is 4.17. The van der Waals surface area contributed by atoms with E-state index in [1.165, 1.54) is 12.1 Å². The molecule has 104 valence electrons. The number of nitro groups is 1. The van der Waals surface area contributed by atoms with E-state index in [0.717, 1.165) is 11.6 Å². The van der Waals surface area contributed by atoms with Crippen LogP contribution in [0.2, 0.25) is 0 Å². The second-order valence-corrected chi connectivity index (χ2v) is 4.17. The fraction of sp³-hybridized carbons (Fsp3) is 0.143. The van der Waals surface area contributed by atoms with E-state index >= 15 is 0 Å². The van der Waals surface area contributed by atoms with E-state index in [9.17, 15) is 14.5 Å². The molecule has 0 spiro atoms. The highest BCUT2D eigenvalue weighted by atomic mass is 19.1. The number of benzene rings is 2. The lowest BCUT2D eigenvalue weighted by Gasteiger charge is -2.13. The molecule has 0 heterocycles. The molecule has 0 fully saturated rings. The van der Waals surface area contributed by atoms with Crippen LogP contribution in [0.15, 0.2) is 48.5 Å². The van der Waals surface area contributed by atoms with Gasteiger partial charge in [0.1, 0.15) is 6.61 Å². The van der Waals surface area contributed by atoms with Gasteiger partial charge in [0.25, 0.3) is 0 Å². The third-order valence-corrected chi connectivity index (χ3v) is 2.78. The van der Waals surface area contributed by atoms with E-state index in [1.54, 1.807) is 0 Å². The maximum absolute atomic E-state index is 13.6. The van der Waals surface area contributed by atoms with E-state index in [2.05, 4.69) is 0 Å². The number of ether oxygens (including phenoxy) is 1. The number of nitro benzene ring substituents is 1. The molecule has 5 nitrogen and oxygen atoms in total. The molecular formula is C14H13FN2O3. The fourth-order valence-corrected chi connectivity index (χ4v) is 1.75. The third kappa shape index (κ3) is 3.10. The molecule has 20 heavy (non-hydrogen) atoms. The third-order valence-electron chi connectivity index (χ3n) is 2.78. The molecule has 0 amide bonds. The Morgan fingerprint density at radius 1 is 1.20 bits per heavy atom. The summed E-state index contributed by atoms with van der Waals surface area (Å²) in [4.78, 5) is 10.1. The Morgan fingerprint density at radius 3 is 2.55 bits per heavy atom. The molecule has 0 saturated carbocycles. The molecule has 1 atom stereocenters. The predicted molar refractivity (Wildman–Crippen MR) is 71.9 cm³/mol. The number of hydrogen-bond donors (Lipinski definition) is 1. The maximum Gasteiger partial charge on any atom is 0.314 e. The summed E-state index contributed by atoms with van der Waals surface area (Å²) in [5.41, 5.74) is 6.30. The smallest absolute Gasteiger partial charge is 0.314 e. The molecule has 0 saturated heterocycles. The van der Waals surface area contributed by atoms with E-state index in [0.29, 0.717) is 0 Å². The van der Waals surface area contributed by atoms with Crippen molar-refractivity contribution in [1.82, 2.24) is 0 Å². The van der Waals surface area contributed by atoms with Gasteiger partial charge in [-0.25, -0.2) is 4.39 Å². The topological polar surface area (TPSA) is 78.4 Å². The standard InChI is InChI=1S/C14H13FN2O3/c15-11-7-4-8-13(17(18)19)14(11)20-9-12(16)10-5-2-1-3-6-10/h1-8,12H,9,16H2. The highest BCUT2D eigenvalue weighted by molar-refractivity contribution is 5.47. The monoisotopic (exact) mass is 276 g/mol. The van der Waals surface area contributed by atoms with Gasteiger partial charge in [-0.15, -0.1) is 0 Å². The first-order chi connectivity index (χ1) is 9.59. The predicted octanol–water partition coefficient (Wildman–Crippen LogP) is 2.81. The van der Waals surface area contributed by atoms with Gasteiger partial charge >= 0.3 is 5.69 Å². The van der Waals surface area contributed by atoms with Gasteiger partial charge in [0.2, 0.25) is 5.75 Å². The molecule has 2 aromatic rings. The number of rotatable bonds is 5. The Labute approximate surface area is 114 Å². The molecule has 0 aromatic heterocycles. The number of halogens is 1. The molecular weight excluding hydrogens is 263 g/mol. The normalized spacial score (nSPS) is 11.9. The Hall–Kier alpha value is -2.47. The molecule has 0 aliphatic heterocycles.